The Morgan fingerprint density at radius 3 is 2.42 bits per heavy atom. The summed E-state index contributed by atoms with van der Waals surface area (Å²) in [6, 6.07) is 23.5. The summed E-state index contributed by atoms with van der Waals surface area (Å²) in [4.78, 5) is 12.9. The van der Waals surface area contributed by atoms with Gasteiger partial charge in [0.15, 0.2) is 6.10 Å². The van der Waals surface area contributed by atoms with Crippen LogP contribution in [-0.4, -0.2) is 40.6 Å². The van der Waals surface area contributed by atoms with Crippen molar-refractivity contribution in [1.82, 2.24) is 5.32 Å². The molecule has 0 bridgehead atoms. The number of carbonyl (C=O) groups is 1. The molecule has 0 radical (unpaired) electrons. The molecule has 7 nitrogen and oxygen atoms in total. The van der Waals surface area contributed by atoms with Gasteiger partial charge in [-0.15, -0.1) is 0 Å². The lowest BCUT2D eigenvalue weighted by Gasteiger charge is -2.34. The number of carbonyl (C=O) groups excluding carboxylic acids is 1. The summed E-state index contributed by atoms with van der Waals surface area (Å²) < 4.78 is 38.8. The van der Waals surface area contributed by atoms with Crippen molar-refractivity contribution in [3.8, 4) is 11.5 Å². The van der Waals surface area contributed by atoms with E-state index >= 15 is 0 Å². The van der Waals surface area contributed by atoms with Gasteiger partial charge in [-0.2, -0.15) is 0 Å². The minimum atomic E-state index is -3.72. The number of para-hydroxylation sites is 2. The fraction of sp³-hybridized carbons (Fsp3) is 0.240. The first-order valence-electron chi connectivity index (χ1n) is 10.7. The Morgan fingerprint density at radius 1 is 1.00 bits per heavy atom. The summed E-state index contributed by atoms with van der Waals surface area (Å²) >= 11 is 0. The van der Waals surface area contributed by atoms with Crippen LogP contribution in [0.1, 0.15) is 11.1 Å². The number of nitrogens with one attached hydrogen (secondary N) is 1. The number of anilines is 1. The maximum atomic E-state index is 13.3. The van der Waals surface area contributed by atoms with Gasteiger partial charge in [-0.25, -0.2) is 8.42 Å². The van der Waals surface area contributed by atoms with Crippen LogP contribution in [0.3, 0.4) is 0 Å². The molecule has 1 amide bonds. The molecule has 0 saturated carbocycles. The highest BCUT2D eigenvalue weighted by Gasteiger charge is 2.36. The van der Waals surface area contributed by atoms with Gasteiger partial charge in [-0.3, -0.25) is 9.10 Å². The number of sulfonamides is 1. The van der Waals surface area contributed by atoms with Crippen molar-refractivity contribution >= 4 is 21.6 Å². The SMILES string of the molecule is COc1ccc(CCNC(=O)[C@@H]2CN(S(=O)(=O)Cc3ccccc3)c3ccccc3O2)cc1. The van der Waals surface area contributed by atoms with Crippen LogP contribution in [-0.2, 0) is 27.0 Å². The van der Waals surface area contributed by atoms with Crippen LogP contribution in [0.15, 0.2) is 78.9 Å². The summed E-state index contributed by atoms with van der Waals surface area (Å²) in [6.45, 7) is 0.323. The van der Waals surface area contributed by atoms with Crippen LogP contribution in [0.2, 0.25) is 0 Å². The monoisotopic (exact) mass is 466 g/mol. The standard InChI is InChI=1S/C25H26N2O5S/c1-31-21-13-11-19(12-14-21)15-16-26-25(28)24-17-27(22-9-5-6-10-23(22)32-24)33(29,30)18-20-7-3-2-4-8-20/h2-14,24H,15-18H2,1H3,(H,26,28)/t24-/m0/s1. The fourth-order valence-corrected chi connectivity index (χ4v) is 5.28. The Bertz CT molecular complexity index is 1200. The molecule has 0 saturated heterocycles. The van der Waals surface area contributed by atoms with Gasteiger partial charge in [-0.05, 0) is 41.8 Å². The highest BCUT2D eigenvalue weighted by atomic mass is 32.2. The fourth-order valence-electron chi connectivity index (χ4n) is 3.70. The molecule has 3 aromatic rings. The number of hydrogen-bond donors (Lipinski definition) is 1. The molecule has 0 unspecified atom stereocenters. The van der Waals surface area contributed by atoms with E-state index in [1.165, 1.54) is 4.31 Å². The number of nitrogens with zero attached hydrogens (tertiary/aromatic N) is 1. The van der Waals surface area contributed by atoms with E-state index in [0.717, 1.165) is 11.3 Å². The van der Waals surface area contributed by atoms with Crippen LogP contribution < -0.4 is 19.1 Å². The number of methoxy groups -OCH3 is 1. The van der Waals surface area contributed by atoms with E-state index in [2.05, 4.69) is 5.32 Å². The molecule has 0 aromatic heterocycles. The van der Waals surface area contributed by atoms with Gasteiger partial charge in [0.25, 0.3) is 5.91 Å². The van der Waals surface area contributed by atoms with E-state index in [1.807, 2.05) is 30.3 Å². The van der Waals surface area contributed by atoms with E-state index in [0.29, 0.717) is 30.0 Å². The maximum absolute atomic E-state index is 13.3. The Morgan fingerprint density at radius 2 is 1.70 bits per heavy atom. The third-order valence-electron chi connectivity index (χ3n) is 5.43. The molecule has 3 aromatic carbocycles. The van der Waals surface area contributed by atoms with Crippen LogP contribution in [0.4, 0.5) is 5.69 Å². The first-order chi connectivity index (χ1) is 16.0. The summed E-state index contributed by atoms with van der Waals surface area (Å²) in [5.41, 5.74) is 2.18. The zero-order valence-electron chi connectivity index (χ0n) is 18.3. The number of ether oxygens (including phenoxy) is 2. The van der Waals surface area contributed by atoms with E-state index in [9.17, 15) is 13.2 Å². The molecule has 172 valence electrons. The molecule has 1 N–H and O–H groups in total. The molecule has 4 rings (SSSR count). The van der Waals surface area contributed by atoms with Gasteiger partial charge in [0.2, 0.25) is 10.0 Å². The average Bonchev–Trinajstić information content (AvgIpc) is 2.84. The van der Waals surface area contributed by atoms with Crippen molar-refractivity contribution in [3.63, 3.8) is 0 Å². The van der Waals surface area contributed by atoms with E-state index in [1.54, 1.807) is 55.6 Å². The highest BCUT2D eigenvalue weighted by Crippen LogP contribution is 2.35. The first-order valence-corrected chi connectivity index (χ1v) is 12.3. The molecule has 1 aliphatic heterocycles. The quantitative estimate of drug-likeness (QED) is 0.551. The number of amides is 1. The Labute approximate surface area is 194 Å². The molecular formula is C25H26N2O5S. The number of rotatable bonds is 8. The second-order valence-corrected chi connectivity index (χ2v) is 9.63. The molecule has 8 heteroatoms. The molecule has 1 heterocycles. The number of benzene rings is 3. The van der Waals surface area contributed by atoms with Gasteiger partial charge in [0, 0.05) is 6.54 Å². The minimum Gasteiger partial charge on any atom is -0.497 e. The summed E-state index contributed by atoms with van der Waals surface area (Å²) in [5.74, 6) is 0.635. The molecule has 0 spiro atoms. The molecular weight excluding hydrogens is 440 g/mol. The number of fused-ring (bicyclic) bond motifs is 1. The van der Waals surface area contributed by atoms with E-state index < -0.39 is 16.1 Å². The normalized spacial score (nSPS) is 15.3. The molecule has 1 atom stereocenters. The molecule has 33 heavy (non-hydrogen) atoms. The highest BCUT2D eigenvalue weighted by molar-refractivity contribution is 7.92. The Hall–Kier alpha value is -3.52. The van der Waals surface area contributed by atoms with E-state index in [-0.39, 0.29) is 18.2 Å². The third-order valence-corrected chi connectivity index (χ3v) is 7.14. The van der Waals surface area contributed by atoms with Gasteiger partial charge >= 0.3 is 0 Å². The summed E-state index contributed by atoms with van der Waals surface area (Å²) in [6.07, 6.45) is -0.309. The molecule has 0 aliphatic carbocycles. The van der Waals surface area contributed by atoms with Crippen molar-refractivity contribution in [2.45, 2.75) is 18.3 Å². The minimum absolute atomic E-state index is 0.0828. The zero-order valence-corrected chi connectivity index (χ0v) is 19.1. The largest absolute Gasteiger partial charge is 0.497 e. The van der Waals surface area contributed by atoms with Gasteiger partial charge in [0.05, 0.1) is 25.1 Å². The van der Waals surface area contributed by atoms with Crippen LogP contribution in [0.25, 0.3) is 0 Å². The van der Waals surface area contributed by atoms with Crippen molar-refractivity contribution in [3.05, 3.63) is 90.0 Å². The maximum Gasteiger partial charge on any atom is 0.263 e. The first kappa shape index (κ1) is 22.7. The predicted octanol–water partition coefficient (Wildman–Crippen LogP) is 3.15. The van der Waals surface area contributed by atoms with E-state index in [4.69, 9.17) is 9.47 Å². The lowest BCUT2D eigenvalue weighted by Crippen LogP contribution is -2.51. The van der Waals surface area contributed by atoms with Crippen LogP contribution in [0, 0.1) is 0 Å². The van der Waals surface area contributed by atoms with Gasteiger partial charge in [0.1, 0.15) is 11.5 Å². The summed E-state index contributed by atoms with van der Waals surface area (Å²) in [7, 11) is -2.11. The van der Waals surface area contributed by atoms with Crippen LogP contribution in [0.5, 0.6) is 11.5 Å². The second-order valence-electron chi connectivity index (χ2n) is 7.74. The van der Waals surface area contributed by atoms with Crippen molar-refractivity contribution in [2.75, 3.05) is 24.5 Å². The number of hydrogen-bond acceptors (Lipinski definition) is 5. The average molecular weight is 467 g/mol. The predicted molar refractivity (Wildman–Crippen MR) is 127 cm³/mol. The van der Waals surface area contributed by atoms with Crippen molar-refractivity contribution < 1.29 is 22.7 Å². The lowest BCUT2D eigenvalue weighted by atomic mass is 10.1. The molecule has 0 fully saturated rings. The zero-order chi connectivity index (χ0) is 23.3. The topological polar surface area (TPSA) is 84.9 Å². The molecule has 1 aliphatic rings. The Kier molecular flexibility index (Phi) is 6.84. The third kappa shape index (κ3) is 5.46. The van der Waals surface area contributed by atoms with Gasteiger partial charge in [-0.1, -0.05) is 54.6 Å². The lowest BCUT2D eigenvalue weighted by molar-refractivity contribution is -0.127. The summed E-state index contributed by atoms with van der Waals surface area (Å²) in [5, 5.41) is 2.87. The smallest absolute Gasteiger partial charge is 0.263 e. The van der Waals surface area contributed by atoms with Crippen molar-refractivity contribution in [1.29, 1.82) is 0 Å². The van der Waals surface area contributed by atoms with Gasteiger partial charge < -0.3 is 14.8 Å². The van der Waals surface area contributed by atoms with Crippen molar-refractivity contribution in [2.24, 2.45) is 0 Å². The Balaban J connectivity index is 1.45. The second kappa shape index (κ2) is 9.95. The van der Waals surface area contributed by atoms with Crippen LogP contribution >= 0.6 is 0 Å².